The molecular formula is C23H28Cl3N3O4S. The van der Waals surface area contributed by atoms with Crippen molar-refractivity contribution in [1.29, 1.82) is 0 Å². The van der Waals surface area contributed by atoms with E-state index in [1.807, 2.05) is 20.8 Å². The summed E-state index contributed by atoms with van der Waals surface area (Å²) in [6.07, 6.45) is 0.983. The fourth-order valence-electron chi connectivity index (χ4n) is 3.12. The molecule has 0 aromatic heterocycles. The van der Waals surface area contributed by atoms with Gasteiger partial charge in [-0.15, -0.1) is 0 Å². The second-order valence-corrected chi connectivity index (χ2v) is 12.0. The quantitative estimate of drug-likeness (QED) is 0.516. The molecule has 186 valence electrons. The number of carbonyl (C=O) groups excluding carboxylic acids is 2. The summed E-state index contributed by atoms with van der Waals surface area (Å²) in [5.74, 6) is -0.971. The standard InChI is InChI=1S/C23H28Cl3N3O4S/c1-15(22(31)27-23(2,3)4)28(13-16-8-6-7-9-18(16)24)21(30)14-29(34(5,32)33)17-10-11-19(25)20(26)12-17/h6-12,15H,13-14H2,1-5H3,(H,27,31)/t15-/m0/s1. The number of anilines is 1. The maximum Gasteiger partial charge on any atom is 0.244 e. The van der Waals surface area contributed by atoms with Crippen LogP contribution < -0.4 is 9.62 Å². The number of halogens is 3. The first kappa shape index (κ1) is 28.2. The summed E-state index contributed by atoms with van der Waals surface area (Å²) >= 11 is 18.3. The average molecular weight is 549 g/mol. The molecule has 0 aliphatic heterocycles. The zero-order chi connectivity index (χ0) is 25.8. The molecule has 0 saturated heterocycles. The smallest absolute Gasteiger partial charge is 0.244 e. The van der Waals surface area contributed by atoms with Crippen LogP contribution in [0, 0.1) is 0 Å². The minimum Gasteiger partial charge on any atom is -0.350 e. The van der Waals surface area contributed by atoms with Crippen molar-refractivity contribution in [3.63, 3.8) is 0 Å². The van der Waals surface area contributed by atoms with Gasteiger partial charge in [0.15, 0.2) is 0 Å². The Bertz CT molecular complexity index is 1170. The average Bonchev–Trinajstić information content (AvgIpc) is 2.70. The molecule has 2 rings (SSSR count). The van der Waals surface area contributed by atoms with Crippen LogP contribution in [0.4, 0.5) is 5.69 Å². The molecule has 0 aliphatic carbocycles. The third-order valence-electron chi connectivity index (χ3n) is 4.83. The summed E-state index contributed by atoms with van der Waals surface area (Å²) in [5.41, 5.74) is 0.270. The highest BCUT2D eigenvalue weighted by Crippen LogP contribution is 2.29. The Balaban J connectivity index is 2.44. The highest BCUT2D eigenvalue weighted by molar-refractivity contribution is 7.92. The Kier molecular flexibility index (Phi) is 9.27. The van der Waals surface area contributed by atoms with Crippen molar-refractivity contribution in [1.82, 2.24) is 10.2 Å². The summed E-state index contributed by atoms with van der Waals surface area (Å²) in [7, 11) is -3.87. The van der Waals surface area contributed by atoms with Gasteiger partial charge in [-0.25, -0.2) is 8.42 Å². The van der Waals surface area contributed by atoms with E-state index in [1.165, 1.54) is 23.1 Å². The Hall–Kier alpha value is -2.00. The SMILES string of the molecule is C[C@@H](C(=O)NC(C)(C)C)N(Cc1ccccc1Cl)C(=O)CN(c1ccc(Cl)c(Cl)c1)S(C)(=O)=O. The van der Waals surface area contributed by atoms with Crippen LogP contribution in [0.15, 0.2) is 42.5 Å². The monoisotopic (exact) mass is 547 g/mol. The van der Waals surface area contributed by atoms with Gasteiger partial charge in [0.25, 0.3) is 0 Å². The Labute approximate surface area is 216 Å². The van der Waals surface area contributed by atoms with Gasteiger partial charge in [-0.1, -0.05) is 53.0 Å². The van der Waals surface area contributed by atoms with E-state index in [0.717, 1.165) is 10.6 Å². The van der Waals surface area contributed by atoms with Crippen molar-refractivity contribution in [3.8, 4) is 0 Å². The van der Waals surface area contributed by atoms with Crippen molar-refractivity contribution in [3.05, 3.63) is 63.1 Å². The molecule has 1 N–H and O–H groups in total. The van der Waals surface area contributed by atoms with Crippen molar-refractivity contribution in [2.45, 2.75) is 45.8 Å². The van der Waals surface area contributed by atoms with E-state index in [4.69, 9.17) is 34.8 Å². The third kappa shape index (κ3) is 7.77. The topological polar surface area (TPSA) is 86.8 Å². The zero-order valence-corrected chi connectivity index (χ0v) is 22.7. The lowest BCUT2D eigenvalue weighted by molar-refractivity contribution is -0.140. The normalized spacial score (nSPS) is 12.7. The summed E-state index contributed by atoms with van der Waals surface area (Å²) < 4.78 is 26.1. The number of nitrogens with one attached hydrogen (secondary N) is 1. The molecule has 0 radical (unpaired) electrons. The van der Waals surface area contributed by atoms with Crippen molar-refractivity contribution in [2.24, 2.45) is 0 Å². The van der Waals surface area contributed by atoms with Gasteiger partial charge in [0.2, 0.25) is 21.8 Å². The van der Waals surface area contributed by atoms with Crippen LogP contribution in [-0.4, -0.2) is 49.5 Å². The van der Waals surface area contributed by atoms with E-state index in [2.05, 4.69) is 5.32 Å². The first-order valence-corrected chi connectivity index (χ1v) is 13.4. The minimum absolute atomic E-state index is 0.0101. The number of nitrogens with zero attached hydrogens (tertiary/aromatic N) is 2. The molecule has 0 fully saturated rings. The molecule has 0 unspecified atom stereocenters. The van der Waals surface area contributed by atoms with Crippen LogP contribution in [0.2, 0.25) is 15.1 Å². The first-order valence-electron chi connectivity index (χ1n) is 10.4. The molecule has 2 aromatic carbocycles. The van der Waals surface area contributed by atoms with Crippen LogP contribution in [0.3, 0.4) is 0 Å². The molecule has 1 atom stereocenters. The van der Waals surface area contributed by atoms with Gasteiger partial charge in [-0.05, 0) is 57.5 Å². The van der Waals surface area contributed by atoms with Crippen LogP contribution >= 0.6 is 34.8 Å². The molecule has 0 saturated carbocycles. The summed E-state index contributed by atoms with van der Waals surface area (Å²) in [6, 6.07) is 10.3. The number of benzene rings is 2. The van der Waals surface area contributed by atoms with E-state index in [-0.39, 0.29) is 28.2 Å². The predicted molar refractivity (Wildman–Crippen MR) is 138 cm³/mol. The molecule has 0 heterocycles. The maximum atomic E-state index is 13.5. The number of sulfonamides is 1. The molecule has 0 aliphatic rings. The zero-order valence-electron chi connectivity index (χ0n) is 19.6. The van der Waals surface area contributed by atoms with Crippen LogP contribution in [0.1, 0.15) is 33.3 Å². The van der Waals surface area contributed by atoms with Crippen LogP contribution in [0.25, 0.3) is 0 Å². The highest BCUT2D eigenvalue weighted by atomic mass is 35.5. The molecular weight excluding hydrogens is 521 g/mol. The van der Waals surface area contributed by atoms with Gasteiger partial charge in [-0.3, -0.25) is 13.9 Å². The van der Waals surface area contributed by atoms with E-state index < -0.39 is 34.1 Å². The molecule has 2 amide bonds. The number of hydrogen-bond donors (Lipinski definition) is 1. The Morgan fingerprint density at radius 3 is 2.15 bits per heavy atom. The molecule has 2 aromatic rings. The lowest BCUT2D eigenvalue weighted by atomic mass is 10.1. The second kappa shape index (κ2) is 11.2. The van der Waals surface area contributed by atoms with E-state index in [1.54, 1.807) is 31.2 Å². The maximum absolute atomic E-state index is 13.5. The Morgan fingerprint density at radius 1 is 1.00 bits per heavy atom. The second-order valence-electron chi connectivity index (χ2n) is 8.90. The lowest BCUT2D eigenvalue weighted by Gasteiger charge is -2.33. The predicted octanol–water partition coefficient (Wildman–Crippen LogP) is 4.74. The molecule has 34 heavy (non-hydrogen) atoms. The molecule has 11 heteroatoms. The van der Waals surface area contributed by atoms with Crippen molar-refractivity contribution in [2.75, 3.05) is 17.1 Å². The lowest BCUT2D eigenvalue weighted by Crippen LogP contribution is -2.54. The first-order chi connectivity index (χ1) is 15.6. The summed E-state index contributed by atoms with van der Waals surface area (Å²) in [5, 5.41) is 3.67. The van der Waals surface area contributed by atoms with E-state index in [9.17, 15) is 18.0 Å². The summed E-state index contributed by atoms with van der Waals surface area (Å²) in [6.45, 7) is 6.53. The van der Waals surface area contributed by atoms with Crippen LogP contribution in [-0.2, 0) is 26.2 Å². The third-order valence-corrected chi connectivity index (χ3v) is 7.08. The van der Waals surface area contributed by atoms with Crippen molar-refractivity contribution < 1.29 is 18.0 Å². The fourth-order valence-corrected chi connectivity index (χ4v) is 4.45. The molecule has 0 bridgehead atoms. The largest absolute Gasteiger partial charge is 0.350 e. The van der Waals surface area contributed by atoms with Crippen LogP contribution in [0.5, 0.6) is 0 Å². The molecule has 7 nitrogen and oxygen atoms in total. The van der Waals surface area contributed by atoms with Gasteiger partial charge in [0.1, 0.15) is 12.6 Å². The highest BCUT2D eigenvalue weighted by Gasteiger charge is 2.31. The Morgan fingerprint density at radius 2 is 1.62 bits per heavy atom. The van der Waals surface area contributed by atoms with Gasteiger partial charge < -0.3 is 10.2 Å². The van der Waals surface area contributed by atoms with Crippen molar-refractivity contribution >= 4 is 62.3 Å². The van der Waals surface area contributed by atoms with Gasteiger partial charge in [0, 0.05) is 17.1 Å². The molecule has 0 spiro atoms. The number of hydrogen-bond acceptors (Lipinski definition) is 4. The van der Waals surface area contributed by atoms with Gasteiger partial charge >= 0.3 is 0 Å². The van der Waals surface area contributed by atoms with Gasteiger partial charge in [0.05, 0.1) is 22.0 Å². The van der Waals surface area contributed by atoms with E-state index >= 15 is 0 Å². The summed E-state index contributed by atoms with van der Waals surface area (Å²) in [4.78, 5) is 27.7. The minimum atomic E-state index is -3.87. The number of amides is 2. The number of carbonyl (C=O) groups is 2. The number of rotatable bonds is 8. The van der Waals surface area contributed by atoms with E-state index in [0.29, 0.717) is 10.6 Å². The van der Waals surface area contributed by atoms with Gasteiger partial charge in [-0.2, -0.15) is 0 Å². The fraction of sp³-hybridized carbons (Fsp3) is 0.391.